The van der Waals surface area contributed by atoms with Crippen LogP contribution in [0.15, 0.2) is 6.33 Å². The predicted octanol–water partition coefficient (Wildman–Crippen LogP) is 0.890. The van der Waals surface area contributed by atoms with Gasteiger partial charge in [0.1, 0.15) is 18.0 Å². The molecule has 1 unspecified atom stereocenters. The van der Waals surface area contributed by atoms with E-state index in [2.05, 4.69) is 27.5 Å². The van der Waals surface area contributed by atoms with E-state index in [0.717, 1.165) is 30.2 Å². The Kier molecular flexibility index (Phi) is 6.38. The Morgan fingerprint density at radius 1 is 1.33 bits per heavy atom. The molecule has 0 aliphatic heterocycles. The molecule has 102 valence electrons. The Hall–Kier alpha value is -1.40. The number of hydrogen-bond donors (Lipinski definition) is 3. The average molecular weight is 254 g/mol. The summed E-state index contributed by atoms with van der Waals surface area (Å²) in [6.45, 7) is 5.31. The van der Waals surface area contributed by atoms with Gasteiger partial charge in [-0.05, 0) is 13.3 Å². The Morgan fingerprint density at radius 2 is 2.06 bits per heavy atom. The van der Waals surface area contributed by atoms with Gasteiger partial charge in [-0.3, -0.25) is 0 Å². The fourth-order valence-electron chi connectivity index (χ4n) is 1.73. The fraction of sp³-hybridized carbons (Fsp3) is 0.667. The van der Waals surface area contributed by atoms with E-state index in [1.165, 1.54) is 6.33 Å². The third-order valence-corrected chi connectivity index (χ3v) is 2.57. The number of aliphatic hydroxyl groups is 1. The summed E-state index contributed by atoms with van der Waals surface area (Å²) >= 11 is 0. The summed E-state index contributed by atoms with van der Waals surface area (Å²) in [6, 6.07) is -0.162. The summed E-state index contributed by atoms with van der Waals surface area (Å²) in [5.41, 5.74) is 1.02. The largest absolute Gasteiger partial charge is 0.394 e. The van der Waals surface area contributed by atoms with Crippen LogP contribution in [0.5, 0.6) is 0 Å². The number of hydrogen-bond acceptors (Lipinski definition) is 6. The van der Waals surface area contributed by atoms with Crippen molar-refractivity contribution in [3.63, 3.8) is 0 Å². The van der Waals surface area contributed by atoms with Crippen molar-refractivity contribution in [2.45, 2.75) is 26.3 Å². The number of ether oxygens (including phenoxy) is 1. The van der Waals surface area contributed by atoms with Crippen molar-refractivity contribution in [1.82, 2.24) is 9.97 Å². The van der Waals surface area contributed by atoms with E-state index in [9.17, 15) is 5.11 Å². The molecule has 0 spiro atoms. The van der Waals surface area contributed by atoms with Gasteiger partial charge in [0, 0.05) is 19.2 Å². The minimum absolute atomic E-state index is 0.00244. The average Bonchev–Trinajstić information content (AvgIpc) is 2.39. The number of rotatable bonds is 8. The second-order valence-corrected chi connectivity index (χ2v) is 3.91. The lowest BCUT2D eigenvalue weighted by atomic mass is 10.2. The quantitative estimate of drug-likeness (QED) is 0.639. The highest BCUT2D eigenvalue weighted by Gasteiger charge is 2.13. The normalized spacial score (nSPS) is 12.2. The van der Waals surface area contributed by atoms with Crippen molar-refractivity contribution in [2.24, 2.45) is 0 Å². The SMILES string of the molecule is CCNc1ncnc(NC(CO)COC)c1CC. The summed E-state index contributed by atoms with van der Waals surface area (Å²) in [4.78, 5) is 8.46. The molecule has 0 bridgehead atoms. The van der Waals surface area contributed by atoms with Gasteiger partial charge in [0.2, 0.25) is 0 Å². The standard InChI is InChI=1S/C12H22N4O2/c1-4-10-11(13-5-2)14-8-15-12(10)16-9(6-17)7-18-3/h8-9,17H,4-7H2,1-3H3,(H2,13,14,15,16). The van der Waals surface area contributed by atoms with Crippen LogP contribution < -0.4 is 10.6 Å². The van der Waals surface area contributed by atoms with Crippen LogP contribution in [-0.4, -0.2) is 48.0 Å². The maximum absolute atomic E-state index is 9.25. The zero-order chi connectivity index (χ0) is 13.4. The first kappa shape index (κ1) is 14.7. The molecule has 0 fully saturated rings. The van der Waals surface area contributed by atoms with Gasteiger partial charge in [0.25, 0.3) is 0 Å². The molecule has 0 amide bonds. The summed E-state index contributed by atoms with van der Waals surface area (Å²) in [6.07, 6.45) is 2.33. The van der Waals surface area contributed by atoms with Gasteiger partial charge in [0.15, 0.2) is 0 Å². The predicted molar refractivity (Wildman–Crippen MR) is 71.9 cm³/mol. The molecule has 0 aliphatic rings. The summed E-state index contributed by atoms with van der Waals surface area (Å²) < 4.78 is 5.04. The number of nitrogens with one attached hydrogen (secondary N) is 2. The molecule has 3 N–H and O–H groups in total. The first-order chi connectivity index (χ1) is 8.76. The van der Waals surface area contributed by atoms with E-state index in [-0.39, 0.29) is 12.6 Å². The third kappa shape index (κ3) is 3.82. The van der Waals surface area contributed by atoms with Crippen LogP contribution in [0.2, 0.25) is 0 Å². The zero-order valence-corrected chi connectivity index (χ0v) is 11.2. The zero-order valence-electron chi connectivity index (χ0n) is 11.2. The number of anilines is 2. The van der Waals surface area contributed by atoms with Gasteiger partial charge in [0.05, 0.1) is 19.3 Å². The molecule has 1 heterocycles. The van der Waals surface area contributed by atoms with Crippen LogP contribution in [0.25, 0.3) is 0 Å². The number of methoxy groups -OCH3 is 1. The molecule has 6 heteroatoms. The third-order valence-electron chi connectivity index (χ3n) is 2.57. The second kappa shape index (κ2) is 7.84. The highest BCUT2D eigenvalue weighted by atomic mass is 16.5. The summed E-state index contributed by atoms with van der Waals surface area (Å²) in [7, 11) is 1.61. The molecule has 6 nitrogen and oxygen atoms in total. The van der Waals surface area contributed by atoms with E-state index in [1.54, 1.807) is 7.11 Å². The smallest absolute Gasteiger partial charge is 0.135 e. The van der Waals surface area contributed by atoms with Gasteiger partial charge < -0.3 is 20.5 Å². The number of nitrogens with zero attached hydrogens (tertiary/aromatic N) is 2. The van der Waals surface area contributed by atoms with E-state index >= 15 is 0 Å². The van der Waals surface area contributed by atoms with E-state index in [4.69, 9.17) is 4.74 Å². The molecule has 0 radical (unpaired) electrons. The molecule has 18 heavy (non-hydrogen) atoms. The maximum Gasteiger partial charge on any atom is 0.135 e. The van der Waals surface area contributed by atoms with Crippen LogP contribution in [0.3, 0.4) is 0 Å². The van der Waals surface area contributed by atoms with Crippen LogP contribution in [0, 0.1) is 0 Å². The van der Waals surface area contributed by atoms with Crippen LogP contribution in [0.1, 0.15) is 19.4 Å². The van der Waals surface area contributed by atoms with Gasteiger partial charge in [-0.25, -0.2) is 9.97 Å². The molecule has 0 aromatic carbocycles. The maximum atomic E-state index is 9.25. The lowest BCUT2D eigenvalue weighted by Gasteiger charge is -2.19. The Balaban J connectivity index is 2.89. The van der Waals surface area contributed by atoms with Gasteiger partial charge in [-0.2, -0.15) is 0 Å². The monoisotopic (exact) mass is 254 g/mol. The molecule has 1 atom stereocenters. The molecule has 0 saturated carbocycles. The van der Waals surface area contributed by atoms with Crippen molar-refractivity contribution in [3.05, 3.63) is 11.9 Å². The molecule has 1 aromatic heterocycles. The molecular formula is C12H22N4O2. The van der Waals surface area contributed by atoms with E-state index in [1.807, 2.05) is 6.92 Å². The van der Waals surface area contributed by atoms with E-state index in [0.29, 0.717) is 6.61 Å². The summed E-state index contributed by atoms with van der Waals surface area (Å²) in [5.74, 6) is 1.59. The van der Waals surface area contributed by atoms with Crippen LogP contribution >= 0.6 is 0 Å². The highest BCUT2D eigenvalue weighted by molar-refractivity contribution is 5.57. The van der Waals surface area contributed by atoms with Crippen LogP contribution in [0.4, 0.5) is 11.6 Å². The highest BCUT2D eigenvalue weighted by Crippen LogP contribution is 2.20. The van der Waals surface area contributed by atoms with Crippen molar-refractivity contribution >= 4 is 11.6 Å². The van der Waals surface area contributed by atoms with Gasteiger partial charge >= 0.3 is 0 Å². The number of aromatic nitrogens is 2. The Morgan fingerprint density at radius 3 is 2.61 bits per heavy atom. The topological polar surface area (TPSA) is 79.3 Å². The minimum atomic E-state index is -0.162. The van der Waals surface area contributed by atoms with Gasteiger partial charge in [-0.15, -0.1) is 0 Å². The van der Waals surface area contributed by atoms with Crippen molar-refractivity contribution in [3.8, 4) is 0 Å². The van der Waals surface area contributed by atoms with Crippen molar-refractivity contribution in [2.75, 3.05) is 37.5 Å². The van der Waals surface area contributed by atoms with Crippen molar-refractivity contribution in [1.29, 1.82) is 0 Å². The molecule has 0 aliphatic carbocycles. The van der Waals surface area contributed by atoms with Crippen LogP contribution in [-0.2, 0) is 11.2 Å². The van der Waals surface area contributed by atoms with Gasteiger partial charge in [-0.1, -0.05) is 6.92 Å². The second-order valence-electron chi connectivity index (χ2n) is 3.91. The minimum Gasteiger partial charge on any atom is -0.394 e. The first-order valence-corrected chi connectivity index (χ1v) is 6.20. The Labute approximate surface area is 108 Å². The summed E-state index contributed by atoms with van der Waals surface area (Å²) in [5, 5.41) is 15.6. The fourth-order valence-corrected chi connectivity index (χ4v) is 1.73. The molecule has 1 aromatic rings. The lowest BCUT2D eigenvalue weighted by Crippen LogP contribution is -2.30. The van der Waals surface area contributed by atoms with Crippen molar-refractivity contribution < 1.29 is 9.84 Å². The molecule has 1 rings (SSSR count). The first-order valence-electron chi connectivity index (χ1n) is 6.20. The number of aliphatic hydroxyl groups excluding tert-OH is 1. The Bertz CT molecular complexity index is 360. The molecular weight excluding hydrogens is 232 g/mol. The van der Waals surface area contributed by atoms with E-state index < -0.39 is 0 Å². The lowest BCUT2D eigenvalue weighted by molar-refractivity contribution is 0.153. The molecule has 0 saturated heterocycles.